The molecule has 2 rings (SSSR count). The number of para-hydroxylation sites is 1. The molecule has 2 aromatic rings. The van der Waals surface area contributed by atoms with E-state index in [9.17, 15) is 13.5 Å². The molecule has 0 aromatic heterocycles. The fraction of sp³-hybridized carbons (Fsp3) is 0.0769. The van der Waals surface area contributed by atoms with Crippen LogP contribution in [0.4, 0.5) is 0 Å². The van der Waals surface area contributed by atoms with Gasteiger partial charge in [-0.2, -0.15) is 0 Å². The van der Waals surface area contributed by atoms with Crippen molar-refractivity contribution in [3.05, 3.63) is 48.5 Å². The second-order valence-corrected chi connectivity index (χ2v) is 5.57. The Labute approximate surface area is 105 Å². The number of phenols is 1. The second kappa shape index (κ2) is 4.70. The molecule has 4 nitrogen and oxygen atoms in total. The first-order valence-corrected chi connectivity index (χ1v) is 6.71. The van der Waals surface area contributed by atoms with Crippen LogP contribution in [0.2, 0.25) is 0 Å². The molecule has 0 aliphatic rings. The van der Waals surface area contributed by atoms with Crippen LogP contribution in [-0.2, 0) is 9.84 Å². The van der Waals surface area contributed by atoms with Gasteiger partial charge in [-0.05, 0) is 36.4 Å². The van der Waals surface area contributed by atoms with E-state index in [1.165, 1.54) is 37.4 Å². The summed E-state index contributed by atoms with van der Waals surface area (Å²) in [5.74, 6) is 0.319. The predicted octanol–water partition coefficient (Wildman–Crippen LogP) is 2.23. The van der Waals surface area contributed by atoms with Gasteiger partial charge in [-0.25, -0.2) is 8.42 Å². The largest absolute Gasteiger partial charge is 0.508 e. The number of rotatable bonds is 3. The number of benzene rings is 2. The smallest absolute Gasteiger partial charge is 0.210 e. The summed E-state index contributed by atoms with van der Waals surface area (Å²) in [6.45, 7) is 0. The molecular formula is C13H12O4S. The summed E-state index contributed by atoms with van der Waals surface area (Å²) in [7, 11) is -2.21. The molecule has 0 radical (unpaired) electrons. The van der Waals surface area contributed by atoms with Crippen LogP contribution in [-0.4, -0.2) is 20.6 Å². The molecule has 0 unspecified atom stereocenters. The van der Waals surface area contributed by atoms with Crippen LogP contribution in [0.3, 0.4) is 0 Å². The zero-order valence-corrected chi connectivity index (χ0v) is 10.5. The van der Waals surface area contributed by atoms with Crippen molar-refractivity contribution in [2.75, 3.05) is 7.11 Å². The monoisotopic (exact) mass is 264 g/mol. The van der Waals surface area contributed by atoms with E-state index in [2.05, 4.69) is 0 Å². The highest BCUT2D eigenvalue weighted by Crippen LogP contribution is 2.29. The summed E-state index contributed by atoms with van der Waals surface area (Å²) in [6.07, 6.45) is 0. The van der Waals surface area contributed by atoms with Gasteiger partial charge in [0.1, 0.15) is 16.4 Å². The van der Waals surface area contributed by atoms with Gasteiger partial charge in [0.25, 0.3) is 0 Å². The van der Waals surface area contributed by atoms with Gasteiger partial charge in [-0.3, -0.25) is 0 Å². The highest BCUT2D eigenvalue weighted by Gasteiger charge is 2.21. The SMILES string of the molecule is COc1ccccc1S(=O)(=O)c1ccc(O)cc1. The first-order chi connectivity index (χ1) is 8.55. The summed E-state index contributed by atoms with van der Waals surface area (Å²) in [5, 5.41) is 9.17. The molecule has 5 heteroatoms. The lowest BCUT2D eigenvalue weighted by atomic mass is 10.3. The van der Waals surface area contributed by atoms with E-state index in [1.807, 2.05) is 0 Å². The van der Waals surface area contributed by atoms with Crippen molar-refractivity contribution in [3.8, 4) is 11.5 Å². The Kier molecular flexibility index (Phi) is 3.25. The number of hydrogen-bond donors (Lipinski definition) is 1. The number of methoxy groups -OCH3 is 1. The van der Waals surface area contributed by atoms with Crippen molar-refractivity contribution in [1.82, 2.24) is 0 Å². The third-order valence-corrected chi connectivity index (χ3v) is 4.31. The molecule has 1 N–H and O–H groups in total. The Morgan fingerprint density at radius 1 is 1.00 bits per heavy atom. The molecular weight excluding hydrogens is 252 g/mol. The van der Waals surface area contributed by atoms with E-state index in [4.69, 9.17) is 4.74 Å². The molecule has 0 spiro atoms. The summed E-state index contributed by atoms with van der Waals surface area (Å²) in [6, 6.07) is 11.8. The van der Waals surface area contributed by atoms with Gasteiger partial charge in [0.05, 0.1) is 12.0 Å². The Morgan fingerprint density at radius 3 is 2.22 bits per heavy atom. The molecule has 0 amide bonds. The highest BCUT2D eigenvalue weighted by atomic mass is 32.2. The van der Waals surface area contributed by atoms with Crippen LogP contribution in [0.5, 0.6) is 11.5 Å². The summed E-state index contributed by atoms with van der Waals surface area (Å²) < 4.78 is 29.8. The van der Waals surface area contributed by atoms with Crippen molar-refractivity contribution in [1.29, 1.82) is 0 Å². The van der Waals surface area contributed by atoms with Crippen molar-refractivity contribution < 1.29 is 18.3 Å². The number of hydrogen-bond acceptors (Lipinski definition) is 4. The van der Waals surface area contributed by atoms with E-state index in [0.29, 0.717) is 5.75 Å². The number of aromatic hydroxyl groups is 1. The molecule has 0 heterocycles. The third-order valence-electron chi connectivity index (χ3n) is 2.51. The molecule has 0 aliphatic carbocycles. The molecule has 0 saturated heterocycles. The van der Waals surface area contributed by atoms with Crippen molar-refractivity contribution in [2.24, 2.45) is 0 Å². The molecule has 0 aliphatic heterocycles. The van der Waals surface area contributed by atoms with E-state index < -0.39 is 9.84 Å². The fourth-order valence-electron chi connectivity index (χ4n) is 1.59. The van der Waals surface area contributed by atoms with Crippen LogP contribution in [0.15, 0.2) is 58.3 Å². The van der Waals surface area contributed by atoms with Gasteiger partial charge in [0.15, 0.2) is 0 Å². The molecule has 0 bridgehead atoms. The first kappa shape index (κ1) is 12.4. The molecule has 0 fully saturated rings. The van der Waals surface area contributed by atoms with E-state index in [-0.39, 0.29) is 15.5 Å². The minimum Gasteiger partial charge on any atom is -0.508 e. The van der Waals surface area contributed by atoms with Crippen LogP contribution in [0.1, 0.15) is 0 Å². The maximum absolute atomic E-state index is 12.4. The minimum atomic E-state index is -3.63. The number of phenolic OH excluding ortho intramolecular Hbond substituents is 1. The molecule has 94 valence electrons. The third kappa shape index (κ3) is 2.17. The van der Waals surface area contributed by atoms with E-state index in [1.54, 1.807) is 18.2 Å². The van der Waals surface area contributed by atoms with E-state index in [0.717, 1.165) is 0 Å². The topological polar surface area (TPSA) is 63.6 Å². The van der Waals surface area contributed by atoms with Crippen molar-refractivity contribution in [3.63, 3.8) is 0 Å². The number of sulfone groups is 1. The average molecular weight is 264 g/mol. The Balaban J connectivity index is 2.58. The van der Waals surface area contributed by atoms with Gasteiger partial charge >= 0.3 is 0 Å². The van der Waals surface area contributed by atoms with Crippen LogP contribution >= 0.6 is 0 Å². The maximum atomic E-state index is 12.4. The fourth-order valence-corrected chi connectivity index (χ4v) is 3.02. The Morgan fingerprint density at radius 2 is 1.61 bits per heavy atom. The highest BCUT2D eigenvalue weighted by molar-refractivity contribution is 7.91. The summed E-state index contributed by atoms with van der Waals surface area (Å²) >= 11 is 0. The Hall–Kier alpha value is -2.01. The molecule has 0 saturated carbocycles. The van der Waals surface area contributed by atoms with Gasteiger partial charge in [0, 0.05) is 0 Å². The van der Waals surface area contributed by atoms with Gasteiger partial charge in [-0.15, -0.1) is 0 Å². The molecule has 0 atom stereocenters. The number of ether oxygens (including phenoxy) is 1. The standard InChI is InChI=1S/C13H12O4S/c1-17-12-4-2-3-5-13(12)18(15,16)11-8-6-10(14)7-9-11/h2-9,14H,1H3. The molecule has 2 aromatic carbocycles. The van der Waals surface area contributed by atoms with Crippen molar-refractivity contribution >= 4 is 9.84 Å². The minimum absolute atomic E-state index is 0.0222. The lowest BCUT2D eigenvalue weighted by Gasteiger charge is -2.09. The van der Waals surface area contributed by atoms with Gasteiger partial charge in [-0.1, -0.05) is 12.1 Å². The average Bonchev–Trinajstić information content (AvgIpc) is 2.39. The quantitative estimate of drug-likeness (QED) is 0.923. The van der Waals surface area contributed by atoms with Crippen LogP contribution in [0.25, 0.3) is 0 Å². The van der Waals surface area contributed by atoms with Crippen LogP contribution in [0, 0.1) is 0 Å². The zero-order valence-electron chi connectivity index (χ0n) is 9.70. The predicted molar refractivity (Wildman–Crippen MR) is 66.6 cm³/mol. The zero-order chi connectivity index (χ0) is 13.2. The summed E-state index contributed by atoms with van der Waals surface area (Å²) in [4.78, 5) is 0.225. The van der Waals surface area contributed by atoms with Crippen molar-refractivity contribution in [2.45, 2.75) is 9.79 Å². The first-order valence-electron chi connectivity index (χ1n) is 5.23. The van der Waals surface area contributed by atoms with E-state index >= 15 is 0 Å². The maximum Gasteiger partial charge on any atom is 0.210 e. The molecule has 18 heavy (non-hydrogen) atoms. The van der Waals surface area contributed by atoms with Crippen LogP contribution < -0.4 is 4.74 Å². The van der Waals surface area contributed by atoms with Gasteiger partial charge < -0.3 is 9.84 Å². The lowest BCUT2D eigenvalue weighted by molar-refractivity contribution is 0.402. The Bertz CT molecular complexity index is 645. The lowest BCUT2D eigenvalue weighted by Crippen LogP contribution is -2.03. The van der Waals surface area contributed by atoms with Gasteiger partial charge in [0.2, 0.25) is 9.84 Å². The normalized spacial score (nSPS) is 11.2. The second-order valence-electron chi connectivity index (χ2n) is 3.65. The summed E-state index contributed by atoms with van der Waals surface area (Å²) in [5.41, 5.74) is 0.